The summed E-state index contributed by atoms with van der Waals surface area (Å²) in [7, 11) is 1.68. The van der Waals surface area contributed by atoms with Crippen molar-refractivity contribution in [2.45, 2.75) is 25.0 Å². The maximum Gasteiger partial charge on any atom is 0.171 e. The number of hydrogen-bond acceptors (Lipinski definition) is 4. The molecule has 0 bridgehead atoms. The van der Waals surface area contributed by atoms with Gasteiger partial charge in [0.25, 0.3) is 0 Å². The number of likely N-dealkylation sites (tertiary alicyclic amines) is 1. The van der Waals surface area contributed by atoms with E-state index in [1.807, 2.05) is 12.1 Å². The highest BCUT2D eigenvalue weighted by molar-refractivity contribution is 7.80. The maximum atomic E-state index is 5.75. The molecule has 4 nitrogen and oxygen atoms in total. The molecule has 2 saturated heterocycles. The van der Waals surface area contributed by atoms with Crippen LogP contribution in [0, 0.1) is 0 Å². The summed E-state index contributed by atoms with van der Waals surface area (Å²) < 4.78 is 16.7. The number of methoxy groups -OCH3 is 1. The fraction of sp³-hybridized carbons (Fsp3) is 0.562. The van der Waals surface area contributed by atoms with Crippen LogP contribution >= 0.6 is 12.2 Å². The Bertz CT molecular complexity index is 487. The van der Waals surface area contributed by atoms with Crippen molar-refractivity contribution >= 4 is 17.2 Å². The highest BCUT2D eigenvalue weighted by Crippen LogP contribution is 2.31. The molecule has 0 amide bonds. The minimum Gasteiger partial charge on any atom is -0.497 e. The van der Waals surface area contributed by atoms with E-state index in [0.717, 1.165) is 56.3 Å². The van der Waals surface area contributed by atoms with Crippen molar-refractivity contribution in [2.24, 2.45) is 0 Å². The Morgan fingerprint density at radius 1 is 1.19 bits per heavy atom. The van der Waals surface area contributed by atoms with Gasteiger partial charge in [-0.3, -0.25) is 0 Å². The minimum atomic E-state index is -0.327. The Kier molecular flexibility index (Phi) is 4.42. The van der Waals surface area contributed by atoms with E-state index in [4.69, 9.17) is 26.4 Å². The van der Waals surface area contributed by atoms with Crippen molar-refractivity contribution in [1.82, 2.24) is 4.90 Å². The van der Waals surface area contributed by atoms with Gasteiger partial charge in [-0.2, -0.15) is 0 Å². The molecule has 1 aromatic carbocycles. The van der Waals surface area contributed by atoms with Crippen molar-refractivity contribution in [1.29, 1.82) is 0 Å². The van der Waals surface area contributed by atoms with E-state index in [-0.39, 0.29) is 5.79 Å². The van der Waals surface area contributed by atoms with Crippen LogP contribution in [0.15, 0.2) is 24.3 Å². The lowest BCUT2D eigenvalue weighted by molar-refractivity contribution is -0.180. The molecule has 3 rings (SSSR count). The highest BCUT2D eigenvalue weighted by Gasteiger charge is 2.40. The third kappa shape index (κ3) is 3.36. The zero-order valence-electron chi connectivity index (χ0n) is 12.3. The topological polar surface area (TPSA) is 30.9 Å². The number of piperidine rings is 1. The Balaban J connectivity index is 1.54. The molecule has 2 fully saturated rings. The van der Waals surface area contributed by atoms with Crippen molar-refractivity contribution in [3.63, 3.8) is 0 Å². The maximum absolute atomic E-state index is 5.75. The predicted octanol–water partition coefficient (Wildman–Crippen LogP) is 2.40. The molecule has 2 heterocycles. The molecule has 1 spiro atoms. The first-order valence-electron chi connectivity index (χ1n) is 7.39. The molecule has 0 unspecified atom stereocenters. The average Bonchev–Trinajstić information content (AvgIpc) is 2.97. The molecule has 0 radical (unpaired) electrons. The summed E-state index contributed by atoms with van der Waals surface area (Å²) in [5, 5.41) is 0. The molecule has 1 aromatic rings. The molecule has 21 heavy (non-hydrogen) atoms. The van der Waals surface area contributed by atoms with Gasteiger partial charge < -0.3 is 19.1 Å². The second-order valence-electron chi connectivity index (χ2n) is 5.51. The van der Waals surface area contributed by atoms with Crippen molar-refractivity contribution in [3.05, 3.63) is 29.8 Å². The van der Waals surface area contributed by atoms with E-state index >= 15 is 0 Å². The second-order valence-corrected chi connectivity index (χ2v) is 5.98. The summed E-state index contributed by atoms with van der Waals surface area (Å²) in [6, 6.07) is 8.09. The Morgan fingerprint density at radius 2 is 1.81 bits per heavy atom. The van der Waals surface area contributed by atoms with Crippen LogP contribution in [0.2, 0.25) is 0 Å². The monoisotopic (exact) mass is 307 g/mol. The molecule has 0 saturated carbocycles. The lowest BCUT2D eigenvalue weighted by Gasteiger charge is -2.38. The number of benzene rings is 1. The van der Waals surface area contributed by atoms with E-state index in [0.29, 0.717) is 0 Å². The van der Waals surface area contributed by atoms with Crippen LogP contribution in [0.25, 0.3) is 0 Å². The van der Waals surface area contributed by atoms with Crippen LogP contribution in [0.3, 0.4) is 0 Å². The molecule has 2 aliphatic rings. The van der Waals surface area contributed by atoms with Crippen LogP contribution in [0.1, 0.15) is 18.4 Å². The van der Waals surface area contributed by atoms with Crippen molar-refractivity contribution in [3.8, 4) is 5.75 Å². The van der Waals surface area contributed by atoms with E-state index < -0.39 is 0 Å². The van der Waals surface area contributed by atoms with E-state index in [1.165, 1.54) is 5.56 Å². The van der Waals surface area contributed by atoms with Gasteiger partial charge in [0.05, 0.1) is 25.3 Å². The third-order valence-electron chi connectivity index (χ3n) is 4.21. The van der Waals surface area contributed by atoms with Gasteiger partial charge >= 0.3 is 0 Å². The lowest BCUT2D eigenvalue weighted by Crippen LogP contribution is -2.47. The van der Waals surface area contributed by atoms with Crippen LogP contribution in [0.4, 0.5) is 0 Å². The summed E-state index contributed by atoms with van der Waals surface area (Å²) in [6.07, 6.45) is 2.60. The summed E-state index contributed by atoms with van der Waals surface area (Å²) in [5.74, 6) is 0.548. The molecule has 2 aliphatic heterocycles. The van der Waals surface area contributed by atoms with Gasteiger partial charge in [-0.25, -0.2) is 0 Å². The molecule has 0 aromatic heterocycles. The molecule has 114 valence electrons. The minimum absolute atomic E-state index is 0.327. The first-order chi connectivity index (χ1) is 10.2. The number of nitrogens with zero attached hydrogens (tertiary/aromatic N) is 1. The molecular weight excluding hydrogens is 286 g/mol. The largest absolute Gasteiger partial charge is 0.497 e. The zero-order valence-corrected chi connectivity index (χ0v) is 13.2. The van der Waals surface area contributed by atoms with Gasteiger partial charge in [0.2, 0.25) is 0 Å². The molecular formula is C16H21NO3S. The van der Waals surface area contributed by atoms with Gasteiger partial charge in [-0.1, -0.05) is 24.4 Å². The van der Waals surface area contributed by atoms with E-state index in [9.17, 15) is 0 Å². The predicted molar refractivity (Wildman–Crippen MR) is 84.7 cm³/mol. The fourth-order valence-electron chi connectivity index (χ4n) is 2.91. The van der Waals surface area contributed by atoms with Crippen LogP contribution < -0.4 is 4.74 Å². The first-order valence-corrected chi connectivity index (χ1v) is 7.80. The molecule has 0 atom stereocenters. The first kappa shape index (κ1) is 14.8. The normalized spacial score (nSPS) is 20.7. The Hall–Kier alpha value is -1.17. The summed E-state index contributed by atoms with van der Waals surface area (Å²) in [4.78, 5) is 3.27. The SMILES string of the molecule is COc1ccc(CC(=S)N2CCC3(CC2)OCCO3)cc1. The van der Waals surface area contributed by atoms with Crippen molar-refractivity contribution in [2.75, 3.05) is 33.4 Å². The quantitative estimate of drug-likeness (QED) is 0.800. The Labute approximate surface area is 131 Å². The average molecular weight is 307 g/mol. The van der Waals surface area contributed by atoms with Crippen molar-refractivity contribution < 1.29 is 14.2 Å². The van der Waals surface area contributed by atoms with Crippen LogP contribution in [0.5, 0.6) is 5.75 Å². The number of hydrogen-bond donors (Lipinski definition) is 0. The summed E-state index contributed by atoms with van der Waals surface area (Å²) >= 11 is 5.59. The fourth-order valence-corrected chi connectivity index (χ4v) is 3.26. The highest BCUT2D eigenvalue weighted by atomic mass is 32.1. The lowest BCUT2D eigenvalue weighted by atomic mass is 10.0. The second kappa shape index (κ2) is 6.30. The number of ether oxygens (including phenoxy) is 3. The van der Waals surface area contributed by atoms with Crippen LogP contribution in [-0.2, 0) is 15.9 Å². The standard InChI is InChI=1S/C16H21NO3S/c1-18-14-4-2-13(3-5-14)12-15(21)17-8-6-16(7-9-17)19-10-11-20-16/h2-5H,6-12H2,1H3. The molecule has 5 heteroatoms. The van der Waals surface area contributed by atoms with Gasteiger partial charge in [0, 0.05) is 32.4 Å². The van der Waals surface area contributed by atoms with Gasteiger partial charge in [0.15, 0.2) is 5.79 Å². The number of thiocarbonyl (C=S) groups is 1. The third-order valence-corrected chi connectivity index (χ3v) is 4.61. The van der Waals surface area contributed by atoms with Gasteiger partial charge in [-0.05, 0) is 17.7 Å². The molecule has 0 aliphatic carbocycles. The zero-order chi connectivity index (χ0) is 14.7. The van der Waals surface area contributed by atoms with E-state index in [2.05, 4.69) is 17.0 Å². The van der Waals surface area contributed by atoms with Crippen LogP contribution in [-0.4, -0.2) is 49.1 Å². The van der Waals surface area contributed by atoms with E-state index in [1.54, 1.807) is 7.11 Å². The Morgan fingerprint density at radius 3 is 2.38 bits per heavy atom. The summed E-state index contributed by atoms with van der Waals surface area (Å²) in [6.45, 7) is 3.26. The molecule has 0 N–H and O–H groups in total. The summed E-state index contributed by atoms with van der Waals surface area (Å²) in [5.41, 5.74) is 1.22. The smallest absolute Gasteiger partial charge is 0.171 e. The van der Waals surface area contributed by atoms with Gasteiger partial charge in [0.1, 0.15) is 5.75 Å². The van der Waals surface area contributed by atoms with Gasteiger partial charge in [-0.15, -0.1) is 0 Å². The number of rotatable bonds is 3.